The highest BCUT2D eigenvalue weighted by molar-refractivity contribution is 5.78. The van der Waals surface area contributed by atoms with Gasteiger partial charge < -0.3 is 19.3 Å². The van der Waals surface area contributed by atoms with Crippen LogP contribution in [0.1, 0.15) is 18.6 Å². The lowest BCUT2D eigenvalue weighted by molar-refractivity contribution is -0.132. The van der Waals surface area contributed by atoms with Crippen molar-refractivity contribution in [1.29, 1.82) is 0 Å². The first-order valence-corrected chi connectivity index (χ1v) is 6.65. The number of aliphatic hydroxyl groups is 1. The highest BCUT2D eigenvalue weighted by Gasteiger charge is 2.43. The summed E-state index contributed by atoms with van der Waals surface area (Å²) in [4.78, 5) is 13.8. The van der Waals surface area contributed by atoms with Gasteiger partial charge in [-0.05, 0) is 30.8 Å². The molecule has 3 rings (SSSR count). The molecule has 1 aliphatic carbocycles. The minimum Gasteiger partial charge on any atom is -0.465 e. The van der Waals surface area contributed by atoms with E-state index in [0.717, 1.165) is 19.4 Å². The molecule has 0 radical (unpaired) electrons. The zero-order valence-electron chi connectivity index (χ0n) is 10.9. The van der Waals surface area contributed by atoms with Crippen molar-refractivity contribution in [2.24, 2.45) is 11.8 Å². The summed E-state index contributed by atoms with van der Waals surface area (Å²) in [6.45, 7) is 3.12. The summed E-state index contributed by atoms with van der Waals surface area (Å²) in [6, 6.07) is 1.65. The number of fused-ring (bicyclic) bond motifs is 1. The molecule has 1 saturated carbocycles. The smallest absolute Gasteiger partial charge is 0.260 e. The van der Waals surface area contributed by atoms with Crippen LogP contribution in [-0.2, 0) is 4.79 Å². The van der Waals surface area contributed by atoms with Crippen LogP contribution in [0.5, 0.6) is 5.88 Å². The van der Waals surface area contributed by atoms with Crippen LogP contribution < -0.4 is 4.74 Å². The Morgan fingerprint density at radius 2 is 2.42 bits per heavy atom. The Morgan fingerprint density at radius 1 is 1.58 bits per heavy atom. The standard InChI is InChI=1S/C13H18N2O4/c1-8-4-12(14-19-8)18-7-13(17)15-5-9-2-3-11(16)10(9)6-15/h4,9-11,16H,2-3,5-7H2,1H3. The fourth-order valence-corrected chi connectivity index (χ4v) is 3.08. The second-order valence-corrected chi connectivity index (χ2v) is 5.43. The van der Waals surface area contributed by atoms with Gasteiger partial charge in [-0.15, -0.1) is 0 Å². The van der Waals surface area contributed by atoms with E-state index >= 15 is 0 Å². The molecule has 19 heavy (non-hydrogen) atoms. The number of aryl methyl sites for hydroxylation is 1. The Kier molecular flexibility index (Phi) is 3.18. The maximum atomic E-state index is 12.0. The number of likely N-dealkylation sites (tertiary alicyclic amines) is 1. The Balaban J connectivity index is 1.52. The van der Waals surface area contributed by atoms with Crippen molar-refractivity contribution in [3.8, 4) is 5.88 Å². The van der Waals surface area contributed by atoms with Gasteiger partial charge in [0.15, 0.2) is 6.61 Å². The molecule has 1 N–H and O–H groups in total. The predicted octanol–water partition coefficient (Wildman–Crippen LogP) is 0.591. The quantitative estimate of drug-likeness (QED) is 0.866. The lowest BCUT2D eigenvalue weighted by atomic mass is 10.00. The second kappa shape index (κ2) is 4.85. The van der Waals surface area contributed by atoms with Gasteiger partial charge in [-0.1, -0.05) is 0 Å². The van der Waals surface area contributed by atoms with E-state index in [1.165, 1.54) is 0 Å². The second-order valence-electron chi connectivity index (χ2n) is 5.43. The monoisotopic (exact) mass is 266 g/mol. The molecule has 6 heteroatoms. The number of carbonyl (C=O) groups is 1. The van der Waals surface area contributed by atoms with Crippen molar-refractivity contribution in [2.45, 2.75) is 25.9 Å². The number of carbonyl (C=O) groups excluding carboxylic acids is 1. The molecule has 0 bridgehead atoms. The number of aliphatic hydroxyl groups excluding tert-OH is 1. The van der Waals surface area contributed by atoms with E-state index in [9.17, 15) is 9.90 Å². The molecule has 0 aromatic carbocycles. The van der Waals surface area contributed by atoms with Gasteiger partial charge in [0.2, 0.25) is 0 Å². The van der Waals surface area contributed by atoms with Crippen LogP contribution in [0.2, 0.25) is 0 Å². The summed E-state index contributed by atoms with van der Waals surface area (Å²) >= 11 is 0. The molecular weight excluding hydrogens is 248 g/mol. The van der Waals surface area contributed by atoms with Gasteiger partial charge in [-0.2, -0.15) is 0 Å². The number of amides is 1. The SMILES string of the molecule is Cc1cc(OCC(=O)N2CC3CCC(O)C3C2)no1. The molecule has 104 valence electrons. The third kappa shape index (κ3) is 2.45. The average Bonchev–Trinajstić information content (AvgIpc) is 3.05. The molecule has 2 fully saturated rings. The Labute approximate surface area is 111 Å². The zero-order valence-corrected chi connectivity index (χ0v) is 10.9. The summed E-state index contributed by atoms with van der Waals surface area (Å²) < 4.78 is 10.2. The first-order chi connectivity index (χ1) is 9.13. The summed E-state index contributed by atoms with van der Waals surface area (Å²) in [5.74, 6) is 1.64. The van der Waals surface area contributed by atoms with Gasteiger partial charge in [0, 0.05) is 25.1 Å². The van der Waals surface area contributed by atoms with Crippen molar-refractivity contribution in [1.82, 2.24) is 10.1 Å². The zero-order chi connectivity index (χ0) is 13.4. The molecule has 1 aromatic heterocycles. The van der Waals surface area contributed by atoms with E-state index in [1.807, 2.05) is 0 Å². The van der Waals surface area contributed by atoms with E-state index in [0.29, 0.717) is 24.1 Å². The van der Waals surface area contributed by atoms with Crippen molar-refractivity contribution in [2.75, 3.05) is 19.7 Å². The van der Waals surface area contributed by atoms with Gasteiger partial charge in [0.05, 0.1) is 6.10 Å². The molecule has 2 aliphatic rings. The largest absolute Gasteiger partial charge is 0.465 e. The molecule has 1 amide bonds. The van der Waals surface area contributed by atoms with Crippen LogP contribution in [0.25, 0.3) is 0 Å². The molecule has 3 unspecified atom stereocenters. The highest BCUT2D eigenvalue weighted by Crippen LogP contribution is 2.37. The first kappa shape index (κ1) is 12.5. The van der Waals surface area contributed by atoms with Gasteiger partial charge >= 0.3 is 0 Å². The lowest BCUT2D eigenvalue weighted by Crippen LogP contribution is -2.34. The van der Waals surface area contributed by atoms with E-state index in [2.05, 4.69) is 5.16 Å². The summed E-state index contributed by atoms with van der Waals surface area (Å²) in [5, 5.41) is 13.5. The average molecular weight is 266 g/mol. The van der Waals surface area contributed by atoms with E-state index in [1.54, 1.807) is 17.9 Å². The minimum atomic E-state index is -0.248. The normalized spacial score (nSPS) is 29.6. The molecular formula is C13H18N2O4. The van der Waals surface area contributed by atoms with Crippen LogP contribution in [-0.4, -0.2) is 46.9 Å². The molecule has 0 spiro atoms. The van der Waals surface area contributed by atoms with Gasteiger partial charge in [-0.25, -0.2) is 0 Å². The number of ether oxygens (including phenoxy) is 1. The van der Waals surface area contributed by atoms with Crippen molar-refractivity contribution in [3.05, 3.63) is 11.8 Å². The topological polar surface area (TPSA) is 75.8 Å². The number of aromatic nitrogens is 1. The third-order valence-electron chi connectivity index (χ3n) is 4.12. The molecule has 6 nitrogen and oxygen atoms in total. The molecule has 1 aliphatic heterocycles. The van der Waals surface area contributed by atoms with E-state index in [4.69, 9.17) is 9.26 Å². The molecule has 2 heterocycles. The van der Waals surface area contributed by atoms with Crippen LogP contribution in [0, 0.1) is 18.8 Å². The number of nitrogens with zero attached hydrogens (tertiary/aromatic N) is 2. The van der Waals surface area contributed by atoms with E-state index < -0.39 is 0 Å². The third-order valence-corrected chi connectivity index (χ3v) is 4.12. The Hall–Kier alpha value is -1.56. The summed E-state index contributed by atoms with van der Waals surface area (Å²) in [6.07, 6.45) is 1.63. The fraction of sp³-hybridized carbons (Fsp3) is 0.692. The highest BCUT2D eigenvalue weighted by atomic mass is 16.5. The number of hydrogen-bond acceptors (Lipinski definition) is 5. The first-order valence-electron chi connectivity index (χ1n) is 6.65. The van der Waals surface area contributed by atoms with E-state index in [-0.39, 0.29) is 24.5 Å². The van der Waals surface area contributed by atoms with Crippen molar-refractivity contribution < 1.29 is 19.2 Å². The maximum absolute atomic E-state index is 12.0. The number of rotatable bonds is 3. The molecule has 1 aromatic rings. The number of hydrogen-bond donors (Lipinski definition) is 1. The van der Waals surface area contributed by atoms with Crippen LogP contribution >= 0.6 is 0 Å². The Morgan fingerprint density at radius 3 is 3.11 bits per heavy atom. The molecule has 1 saturated heterocycles. The van der Waals surface area contributed by atoms with Gasteiger partial charge in [-0.3, -0.25) is 4.79 Å². The predicted molar refractivity (Wildman–Crippen MR) is 65.5 cm³/mol. The van der Waals surface area contributed by atoms with Gasteiger partial charge in [0.25, 0.3) is 11.8 Å². The summed E-state index contributed by atoms with van der Waals surface area (Å²) in [5.41, 5.74) is 0. The van der Waals surface area contributed by atoms with Crippen molar-refractivity contribution in [3.63, 3.8) is 0 Å². The van der Waals surface area contributed by atoms with Crippen LogP contribution in [0.4, 0.5) is 0 Å². The molecule has 3 atom stereocenters. The Bertz CT molecular complexity index is 473. The van der Waals surface area contributed by atoms with Gasteiger partial charge in [0.1, 0.15) is 5.76 Å². The fourth-order valence-electron chi connectivity index (χ4n) is 3.08. The van der Waals surface area contributed by atoms with Crippen LogP contribution in [0.3, 0.4) is 0 Å². The van der Waals surface area contributed by atoms with Crippen LogP contribution in [0.15, 0.2) is 10.6 Å². The maximum Gasteiger partial charge on any atom is 0.260 e. The van der Waals surface area contributed by atoms with Crippen molar-refractivity contribution >= 4 is 5.91 Å². The lowest BCUT2D eigenvalue weighted by Gasteiger charge is -2.18. The summed E-state index contributed by atoms with van der Waals surface area (Å²) in [7, 11) is 0. The minimum absolute atomic E-state index is 0.0263.